The third-order valence-corrected chi connectivity index (χ3v) is 4.88. The Morgan fingerprint density at radius 3 is 2.76 bits per heavy atom. The van der Waals surface area contributed by atoms with Crippen LogP contribution in [0.1, 0.15) is 29.9 Å². The Morgan fingerprint density at radius 1 is 1.38 bits per heavy atom. The standard InChI is InChI=1S/C13H19N5O2S/c1-8-13(9(2)17-16-8)18-21(19,20)12-5-11(15-7-12)6-14-10-3-4-10/h5,7,10,14-15,18H,3-4,6H2,1-2H3,(H,16,17). The smallest absolute Gasteiger partial charge is 0.263 e. The molecule has 0 aromatic carbocycles. The number of rotatable bonds is 6. The Bertz CT molecular complexity index is 723. The second kappa shape index (κ2) is 5.19. The topological polar surface area (TPSA) is 103 Å². The monoisotopic (exact) mass is 309 g/mol. The van der Waals surface area contributed by atoms with E-state index in [9.17, 15) is 8.42 Å². The van der Waals surface area contributed by atoms with Crippen LogP contribution in [0.2, 0.25) is 0 Å². The largest absolute Gasteiger partial charge is 0.363 e. The molecular formula is C13H19N5O2S. The first-order valence-corrected chi connectivity index (χ1v) is 8.39. The van der Waals surface area contributed by atoms with Gasteiger partial charge < -0.3 is 10.3 Å². The Hall–Kier alpha value is -1.80. The first-order valence-electron chi connectivity index (χ1n) is 6.91. The van der Waals surface area contributed by atoms with Crippen molar-refractivity contribution < 1.29 is 8.42 Å². The van der Waals surface area contributed by atoms with E-state index in [0.717, 1.165) is 5.69 Å². The van der Waals surface area contributed by atoms with Crippen molar-refractivity contribution in [2.24, 2.45) is 0 Å². The average molecular weight is 309 g/mol. The number of aromatic amines is 2. The zero-order valence-electron chi connectivity index (χ0n) is 12.0. The number of hydrogen-bond donors (Lipinski definition) is 4. The van der Waals surface area contributed by atoms with Crippen LogP contribution in [0.25, 0.3) is 0 Å². The van der Waals surface area contributed by atoms with E-state index < -0.39 is 10.0 Å². The van der Waals surface area contributed by atoms with Gasteiger partial charge in [0.25, 0.3) is 10.0 Å². The van der Waals surface area contributed by atoms with Crippen LogP contribution in [0.3, 0.4) is 0 Å². The van der Waals surface area contributed by atoms with Gasteiger partial charge in [0.2, 0.25) is 0 Å². The predicted molar refractivity (Wildman–Crippen MR) is 79.5 cm³/mol. The van der Waals surface area contributed by atoms with Crippen molar-refractivity contribution >= 4 is 15.7 Å². The fourth-order valence-corrected chi connectivity index (χ4v) is 3.31. The molecule has 0 aliphatic heterocycles. The first kappa shape index (κ1) is 14.2. The normalized spacial score (nSPS) is 15.3. The van der Waals surface area contributed by atoms with Gasteiger partial charge in [0, 0.05) is 24.5 Å². The lowest BCUT2D eigenvalue weighted by atomic mass is 10.3. The van der Waals surface area contributed by atoms with E-state index in [1.54, 1.807) is 19.9 Å². The number of anilines is 1. The van der Waals surface area contributed by atoms with Gasteiger partial charge in [0.1, 0.15) is 4.90 Å². The van der Waals surface area contributed by atoms with Gasteiger partial charge in [-0.1, -0.05) is 0 Å². The summed E-state index contributed by atoms with van der Waals surface area (Å²) >= 11 is 0. The molecular weight excluding hydrogens is 290 g/mol. The molecule has 8 heteroatoms. The fraction of sp³-hybridized carbons (Fsp3) is 0.462. The van der Waals surface area contributed by atoms with E-state index in [2.05, 4.69) is 25.2 Å². The van der Waals surface area contributed by atoms with E-state index in [-0.39, 0.29) is 4.90 Å². The molecule has 1 saturated carbocycles. The molecule has 0 saturated heterocycles. The third kappa shape index (κ3) is 3.11. The zero-order chi connectivity index (χ0) is 15.0. The summed E-state index contributed by atoms with van der Waals surface area (Å²) in [7, 11) is -3.60. The summed E-state index contributed by atoms with van der Waals surface area (Å²) in [6, 6.07) is 2.24. The van der Waals surface area contributed by atoms with E-state index >= 15 is 0 Å². The minimum Gasteiger partial charge on any atom is -0.363 e. The minimum absolute atomic E-state index is 0.232. The van der Waals surface area contributed by atoms with Crippen molar-refractivity contribution in [3.63, 3.8) is 0 Å². The van der Waals surface area contributed by atoms with E-state index in [4.69, 9.17) is 0 Å². The second-order valence-corrected chi connectivity index (χ2v) is 7.11. The molecule has 1 aliphatic carbocycles. The van der Waals surface area contributed by atoms with Gasteiger partial charge in [0.05, 0.1) is 17.1 Å². The first-order chi connectivity index (χ1) is 9.95. The molecule has 0 amide bonds. The van der Waals surface area contributed by atoms with Crippen molar-refractivity contribution in [1.29, 1.82) is 0 Å². The average Bonchev–Trinajstić information content (AvgIpc) is 3.06. The maximum absolute atomic E-state index is 12.4. The molecule has 0 radical (unpaired) electrons. The minimum atomic E-state index is -3.60. The summed E-state index contributed by atoms with van der Waals surface area (Å²) in [4.78, 5) is 3.23. The number of H-pyrrole nitrogens is 2. The summed E-state index contributed by atoms with van der Waals surface area (Å²) in [5, 5.41) is 10.1. The third-order valence-electron chi connectivity index (χ3n) is 3.55. The molecule has 2 heterocycles. The lowest BCUT2D eigenvalue weighted by Gasteiger charge is -2.06. The van der Waals surface area contributed by atoms with Crippen LogP contribution in [-0.2, 0) is 16.6 Å². The number of hydrogen-bond acceptors (Lipinski definition) is 4. The van der Waals surface area contributed by atoms with Crippen LogP contribution in [0.5, 0.6) is 0 Å². The van der Waals surface area contributed by atoms with Gasteiger partial charge >= 0.3 is 0 Å². The van der Waals surface area contributed by atoms with E-state index in [1.807, 2.05) is 0 Å². The van der Waals surface area contributed by atoms with Crippen molar-refractivity contribution in [3.05, 3.63) is 29.3 Å². The highest BCUT2D eigenvalue weighted by Crippen LogP contribution is 2.22. The lowest BCUT2D eigenvalue weighted by Crippen LogP contribution is -2.15. The second-order valence-electron chi connectivity index (χ2n) is 5.43. The number of aromatic nitrogens is 3. The van der Waals surface area contributed by atoms with E-state index in [0.29, 0.717) is 29.7 Å². The summed E-state index contributed by atoms with van der Waals surface area (Å²) < 4.78 is 27.3. The summed E-state index contributed by atoms with van der Waals surface area (Å²) in [6.07, 6.45) is 3.91. The summed E-state index contributed by atoms with van der Waals surface area (Å²) in [5.74, 6) is 0. The Morgan fingerprint density at radius 2 is 2.14 bits per heavy atom. The fourth-order valence-electron chi connectivity index (χ4n) is 2.11. The van der Waals surface area contributed by atoms with Crippen LogP contribution in [0.15, 0.2) is 17.2 Å². The van der Waals surface area contributed by atoms with Crippen LogP contribution < -0.4 is 10.0 Å². The van der Waals surface area contributed by atoms with Crippen LogP contribution in [0, 0.1) is 13.8 Å². The van der Waals surface area contributed by atoms with Crippen LogP contribution in [0.4, 0.5) is 5.69 Å². The van der Waals surface area contributed by atoms with Gasteiger partial charge in [-0.15, -0.1) is 0 Å². The number of nitrogens with one attached hydrogen (secondary N) is 4. The molecule has 1 aliphatic rings. The molecule has 7 nitrogen and oxygen atoms in total. The van der Waals surface area contributed by atoms with Gasteiger partial charge in [-0.05, 0) is 32.8 Å². The molecule has 2 aromatic rings. The Balaban J connectivity index is 1.74. The Labute approximate surface area is 123 Å². The summed E-state index contributed by atoms with van der Waals surface area (Å²) in [6.45, 7) is 4.19. The number of aryl methyl sites for hydroxylation is 2. The zero-order valence-corrected chi connectivity index (χ0v) is 12.8. The molecule has 0 spiro atoms. The number of sulfonamides is 1. The number of nitrogens with zero attached hydrogens (tertiary/aromatic N) is 1. The van der Waals surface area contributed by atoms with Gasteiger partial charge in [-0.2, -0.15) is 5.10 Å². The van der Waals surface area contributed by atoms with Crippen molar-refractivity contribution in [2.45, 2.75) is 44.2 Å². The molecule has 1 fully saturated rings. The van der Waals surface area contributed by atoms with Crippen molar-refractivity contribution in [3.8, 4) is 0 Å². The van der Waals surface area contributed by atoms with Gasteiger partial charge in [-0.3, -0.25) is 9.82 Å². The highest BCUT2D eigenvalue weighted by Gasteiger charge is 2.22. The Kier molecular flexibility index (Phi) is 3.50. The molecule has 0 bridgehead atoms. The van der Waals surface area contributed by atoms with Gasteiger partial charge in [0.15, 0.2) is 0 Å². The highest BCUT2D eigenvalue weighted by molar-refractivity contribution is 7.92. The maximum Gasteiger partial charge on any atom is 0.263 e. The lowest BCUT2D eigenvalue weighted by molar-refractivity contribution is 0.601. The van der Waals surface area contributed by atoms with Gasteiger partial charge in [-0.25, -0.2) is 8.42 Å². The van der Waals surface area contributed by atoms with Crippen LogP contribution in [-0.4, -0.2) is 29.6 Å². The SMILES string of the molecule is Cc1n[nH]c(C)c1NS(=O)(=O)c1c[nH]c(CNC2CC2)c1. The molecule has 2 aromatic heterocycles. The molecule has 21 heavy (non-hydrogen) atoms. The molecule has 3 rings (SSSR count). The van der Waals surface area contributed by atoms with E-state index in [1.165, 1.54) is 19.0 Å². The molecule has 0 unspecified atom stereocenters. The molecule has 4 N–H and O–H groups in total. The van der Waals surface area contributed by atoms with Crippen molar-refractivity contribution in [2.75, 3.05) is 4.72 Å². The maximum atomic E-state index is 12.4. The molecule has 114 valence electrons. The van der Waals surface area contributed by atoms with Crippen LogP contribution >= 0.6 is 0 Å². The highest BCUT2D eigenvalue weighted by atomic mass is 32.2. The predicted octanol–water partition coefficient (Wildman–Crippen LogP) is 1.41. The quantitative estimate of drug-likeness (QED) is 0.648. The summed E-state index contributed by atoms with van der Waals surface area (Å²) in [5.41, 5.74) is 2.70. The molecule has 0 atom stereocenters. The van der Waals surface area contributed by atoms with Crippen molar-refractivity contribution in [1.82, 2.24) is 20.5 Å².